The summed E-state index contributed by atoms with van der Waals surface area (Å²) in [7, 11) is 1.64. The molecule has 4 rings (SSSR count). The van der Waals surface area contributed by atoms with Crippen LogP contribution >= 0.6 is 0 Å². The number of methoxy groups -OCH3 is 1. The Labute approximate surface area is 186 Å². The number of azide groups is 1. The highest BCUT2D eigenvalue weighted by molar-refractivity contribution is 5.26. The lowest BCUT2D eigenvalue weighted by molar-refractivity contribution is -0.256. The van der Waals surface area contributed by atoms with Crippen LogP contribution in [0.2, 0.25) is 0 Å². The largest absolute Gasteiger partial charge is 0.497 e. The Morgan fingerprint density at radius 2 is 1.88 bits per heavy atom. The van der Waals surface area contributed by atoms with Crippen LogP contribution in [-0.4, -0.2) is 51.5 Å². The van der Waals surface area contributed by atoms with Crippen LogP contribution in [0.1, 0.15) is 23.8 Å². The normalized spacial score (nSPS) is 26.8. The molecule has 2 fully saturated rings. The van der Waals surface area contributed by atoms with Crippen molar-refractivity contribution in [1.29, 1.82) is 0 Å². The van der Waals surface area contributed by atoms with Crippen LogP contribution in [0.4, 0.5) is 0 Å². The van der Waals surface area contributed by atoms with Gasteiger partial charge in [0.05, 0.1) is 20.3 Å². The van der Waals surface area contributed by atoms with E-state index < -0.39 is 18.7 Å². The van der Waals surface area contributed by atoms with Crippen molar-refractivity contribution < 1.29 is 28.4 Å². The highest BCUT2D eigenvalue weighted by Crippen LogP contribution is 2.37. The number of ether oxygens (including phenoxy) is 6. The zero-order valence-electron chi connectivity index (χ0n) is 17.9. The molecule has 0 bridgehead atoms. The first-order valence-electron chi connectivity index (χ1n) is 10.6. The molecule has 0 saturated carbocycles. The molecule has 32 heavy (non-hydrogen) atoms. The third-order valence-electron chi connectivity index (χ3n) is 5.38. The van der Waals surface area contributed by atoms with Gasteiger partial charge in [0, 0.05) is 23.6 Å². The molecule has 2 heterocycles. The number of hydrogen-bond donors (Lipinski definition) is 0. The van der Waals surface area contributed by atoms with Gasteiger partial charge in [-0.15, -0.1) is 0 Å². The number of benzene rings is 2. The molecule has 0 radical (unpaired) electrons. The van der Waals surface area contributed by atoms with Crippen molar-refractivity contribution in [3.8, 4) is 5.75 Å². The van der Waals surface area contributed by atoms with Crippen molar-refractivity contribution in [2.24, 2.45) is 5.11 Å². The van der Waals surface area contributed by atoms with E-state index in [4.69, 9.17) is 34.0 Å². The maximum atomic E-state index is 8.42. The number of hydrogen-bond acceptors (Lipinski definition) is 7. The molecule has 2 aromatic rings. The van der Waals surface area contributed by atoms with Gasteiger partial charge >= 0.3 is 0 Å². The first-order chi connectivity index (χ1) is 15.8. The van der Waals surface area contributed by atoms with Gasteiger partial charge in [-0.1, -0.05) is 47.6 Å². The Balaban J connectivity index is 1.43. The molecule has 0 aromatic heterocycles. The fourth-order valence-electron chi connectivity index (χ4n) is 3.74. The Morgan fingerprint density at radius 1 is 1.06 bits per heavy atom. The summed E-state index contributed by atoms with van der Waals surface area (Å²) < 4.78 is 35.6. The van der Waals surface area contributed by atoms with E-state index in [0.717, 1.165) is 16.9 Å². The minimum Gasteiger partial charge on any atom is -0.497 e. The molecule has 5 atom stereocenters. The fourth-order valence-corrected chi connectivity index (χ4v) is 3.74. The molecule has 0 spiro atoms. The average Bonchev–Trinajstić information content (AvgIpc) is 3.20. The van der Waals surface area contributed by atoms with Crippen molar-refractivity contribution in [1.82, 2.24) is 0 Å². The fraction of sp³-hybridized carbons (Fsp3) is 0.478. The quantitative estimate of drug-likeness (QED) is 0.238. The molecule has 0 aliphatic carbocycles. The van der Waals surface area contributed by atoms with E-state index in [0.29, 0.717) is 32.8 Å². The van der Waals surface area contributed by atoms with Crippen LogP contribution in [-0.2, 0) is 30.3 Å². The van der Waals surface area contributed by atoms with Crippen LogP contribution in [0.5, 0.6) is 5.75 Å². The standard InChI is InChI=1S/C23H27N3O6/c1-27-18-10-8-16(9-11-18)14-29-21-20-19(31-23(21)28-13-5-12-25-26-24)15-30-22(32-20)17-6-3-2-4-7-17/h2-4,6-11,19-23H,5,12-15H2,1H3/t19?,20-,21?,22?,23+/m1/s1. The van der Waals surface area contributed by atoms with E-state index >= 15 is 0 Å². The van der Waals surface area contributed by atoms with E-state index in [-0.39, 0.29) is 12.2 Å². The highest BCUT2D eigenvalue weighted by Gasteiger charge is 2.50. The highest BCUT2D eigenvalue weighted by atomic mass is 16.8. The third kappa shape index (κ3) is 5.58. The molecule has 9 nitrogen and oxygen atoms in total. The smallest absolute Gasteiger partial charge is 0.186 e. The zero-order valence-corrected chi connectivity index (χ0v) is 17.9. The predicted octanol–water partition coefficient (Wildman–Crippen LogP) is 4.14. The van der Waals surface area contributed by atoms with Gasteiger partial charge in [-0.3, -0.25) is 0 Å². The average molecular weight is 441 g/mol. The Hall–Kier alpha value is -2.65. The summed E-state index contributed by atoms with van der Waals surface area (Å²) in [5.41, 5.74) is 10.4. The van der Waals surface area contributed by atoms with Gasteiger partial charge in [0.2, 0.25) is 0 Å². The van der Waals surface area contributed by atoms with Crippen LogP contribution in [0.3, 0.4) is 0 Å². The lowest BCUT2D eigenvalue weighted by atomic mass is 10.1. The minimum absolute atomic E-state index is 0.294. The predicted molar refractivity (Wildman–Crippen MR) is 115 cm³/mol. The van der Waals surface area contributed by atoms with Gasteiger partial charge in [0.15, 0.2) is 12.6 Å². The van der Waals surface area contributed by atoms with E-state index in [2.05, 4.69) is 10.0 Å². The summed E-state index contributed by atoms with van der Waals surface area (Å²) in [6.07, 6.45) is -1.57. The Bertz CT molecular complexity index is 890. The first-order valence-corrected chi connectivity index (χ1v) is 10.6. The molecule has 2 aromatic carbocycles. The molecule has 0 amide bonds. The van der Waals surface area contributed by atoms with E-state index in [1.54, 1.807) is 7.11 Å². The lowest BCUT2D eigenvalue weighted by Crippen LogP contribution is -2.44. The van der Waals surface area contributed by atoms with Gasteiger partial charge in [0.25, 0.3) is 0 Å². The maximum Gasteiger partial charge on any atom is 0.186 e. The SMILES string of the molecule is COc1ccc(COC2[C@@H](OCCCN=[N+]=[N-])OC3COC(c4ccccc4)O[C@H]32)cc1. The number of fused-ring (bicyclic) bond motifs is 1. The molecule has 170 valence electrons. The first kappa shape index (κ1) is 22.5. The topological polar surface area (TPSA) is 104 Å². The van der Waals surface area contributed by atoms with Gasteiger partial charge < -0.3 is 28.4 Å². The Kier molecular flexibility index (Phi) is 7.95. The van der Waals surface area contributed by atoms with Crippen LogP contribution in [0.15, 0.2) is 59.7 Å². The molecular formula is C23H27N3O6. The van der Waals surface area contributed by atoms with Crippen molar-refractivity contribution in [3.05, 3.63) is 76.2 Å². The van der Waals surface area contributed by atoms with E-state index in [9.17, 15) is 0 Å². The summed E-state index contributed by atoms with van der Waals surface area (Å²) in [6.45, 7) is 1.50. The summed E-state index contributed by atoms with van der Waals surface area (Å²) in [5, 5.41) is 3.53. The van der Waals surface area contributed by atoms with E-state index in [1.807, 2.05) is 54.6 Å². The van der Waals surface area contributed by atoms with Gasteiger partial charge in [0.1, 0.15) is 24.1 Å². The summed E-state index contributed by atoms with van der Waals surface area (Å²) in [6, 6.07) is 17.5. The van der Waals surface area contributed by atoms with Crippen molar-refractivity contribution >= 4 is 0 Å². The van der Waals surface area contributed by atoms with E-state index in [1.165, 1.54) is 0 Å². The van der Waals surface area contributed by atoms with Crippen LogP contribution in [0.25, 0.3) is 10.4 Å². The number of nitrogens with zero attached hydrogens (tertiary/aromatic N) is 3. The maximum absolute atomic E-state index is 8.42. The van der Waals surface area contributed by atoms with Crippen molar-refractivity contribution in [2.75, 3.05) is 26.9 Å². The third-order valence-corrected chi connectivity index (χ3v) is 5.38. The van der Waals surface area contributed by atoms with Gasteiger partial charge in [-0.25, -0.2) is 0 Å². The summed E-state index contributed by atoms with van der Waals surface area (Å²) in [4.78, 5) is 2.76. The molecule has 2 aliphatic rings. The van der Waals surface area contributed by atoms with Crippen molar-refractivity contribution in [3.63, 3.8) is 0 Å². The zero-order chi connectivity index (χ0) is 22.2. The number of rotatable bonds is 10. The van der Waals surface area contributed by atoms with Crippen LogP contribution < -0.4 is 4.74 Å². The summed E-state index contributed by atoms with van der Waals surface area (Å²) in [5.74, 6) is 0.790. The molecular weight excluding hydrogens is 414 g/mol. The van der Waals surface area contributed by atoms with Gasteiger partial charge in [-0.2, -0.15) is 0 Å². The Morgan fingerprint density at radius 3 is 2.62 bits per heavy atom. The molecule has 2 saturated heterocycles. The molecule has 3 unspecified atom stereocenters. The van der Waals surface area contributed by atoms with Crippen molar-refractivity contribution in [2.45, 2.75) is 43.9 Å². The summed E-state index contributed by atoms with van der Waals surface area (Å²) >= 11 is 0. The second-order valence-corrected chi connectivity index (χ2v) is 7.52. The second kappa shape index (κ2) is 11.3. The lowest BCUT2D eigenvalue weighted by Gasteiger charge is -2.33. The molecule has 0 N–H and O–H groups in total. The van der Waals surface area contributed by atoms with Gasteiger partial charge in [-0.05, 0) is 29.6 Å². The second-order valence-electron chi connectivity index (χ2n) is 7.52. The minimum atomic E-state index is -0.604. The monoisotopic (exact) mass is 441 g/mol. The van der Waals surface area contributed by atoms with Crippen LogP contribution in [0, 0.1) is 0 Å². The molecule has 2 aliphatic heterocycles. The molecule has 9 heteroatoms.